The molecule has 0 bridgehead atoms. The van der Waals surface area contributed by atoms with Crippen molar-refractivity contribution in [3.8, 4) is 0 Å². The SMILES string of the molecule is CCCn1cncc1C(NC(=O)OCc1ccccc1)C(=O)O. The van der Waals surface area contributed by atoms with Crippen LogP contribution < -0.4 is 5.32 Å². The molecule has 0 spiro atoms. The van der Waals surface area contributed by atoms with E-state index in [1.54, 1.807) is 10.9 Å². The third-order valence-electron chi connectivity index (χ3n) is 3.23. The standard InChI is InChI=1S/C16H19N3O4/c1-2-8-19-11-17-9-13(19)14(15(20)21)18-16(22)23-10-12-6-4-3-5-7-12/h3-7,9,11,14H,2,8,10H2,1H3,(H,18,22)(H,20,21). The van der Waals surface area contributed by atoms with Crippen molar-refractivity contribution < 1.29 is 19.4 Å². The van der Waals surface area contributed by atoms with Crippen molar-refractivity contribution in [1.82, 2.24) is 14.9 Å². The highest BCUT2D eigenvalue weighted by atomic mass is 16.5. The van der Waals surface area contributed by atoms with Gasteiger partial charge >= 0.3 is 12.1 Å². The van der Waals surface area contributed by atoms with Crippen LogP contribution in [0.1, 0.15) is 30.6 Å². The number of carbonyl (C=O) groups excluding carboxylic acids is 1. The summed E-state index contributed by atoms with van der Waals surface area (Å²) < 4.78 is 6.77. The Kier molecular flexibility index (Phi) is 5.74. The zero-order valence-electron chi connectivity index (χ0n) is 12.8. The van der Waals surface area contributed by atoms with Gasteiger partial charge in [0.05, 0.1) is 18.2 Å². The molecule has 0 radical (unpaired) electrons. The van der Waals surface area contributed by atoms with Crippen molar-refractivity contribution in [2.45, 2.75) is 32.5 Å². The average molecular weight is 317 g/mol. The predicted octanol–water partition coefficient (Wildman–Crippen LogP) is 2.35. The van der Waals surface area contributed by atoms with Gasteiger partial charge in [0.25, 0.3) is 0 Å². The molecule has 0 aliphatic heterocycles. The van der Waals surface area contributed by atoms with E-state index in [9.17, 15) is 14.7 Å². The lowest BCUT2D eigenvalue weighted by atomic mass is 10.2. The number of carbonyl (C=O) groups is 2. The number of carboxylic acid groups (broad SMARTS) is 1. The predicted molar refractivity (Wildman–Crippen MR) is 82.7 cm³/mol. The Morgan fingerprint density at radius 2 is 2.09 bits per heavy atom. The van der Waals surface area contributed by atoms with Gasteiger partial charge in [0.1, 0.15) is 6.61 Å². The lowest BCUT2D eigenvalue weighted by molar-refractivity contribution is -0.139. The quantitative estimate of drug-likeness (QED) is 0.817. The highest BCUT2D eigenvalue weighted by Gasteiger charge is 2.26. The van der Waals surface area contributed by atoms with Crippen LogP contribution in [0, 0.1) is 0 Å². The zero-order chi connectivity index (χ0) is 16.7. The maximum Gasteiger partial charge on any atom is 0.408 e. The number of rotatable bonds is 7. The number of amides is 1. The number of carboxylic acids is 1. The third kappa shape index (κ3) is 4.57. The Morgan fingerprint density at radius 3 is 2.74 bits per heavy atom. The summed E-state index contributed by atoms with van der Waals surface area (Å²) in [7, 11) is 0. The van der Waals surface area contributed by atoms with E-state index in [1.165, 1.54) is 6.20 Å². The number of aryl methyl sites for hydroxylation is 1. The van der Waals surface area contributed by atoms with Crippen LogP contribution >= 0.6 is 0 Å². The summed E-state index contributed by atoms with van der Waals surface area (Å²) >= 11 is 0. The molecule has 1 amide bonds. The Morgan fingerprint density at radius 1 is 1.35 bits per heavy atom. The van der Waals surface area contributed by atoms with E-state index in [0.717, 1.165) is 12.0 Å². The van der Waals surface area contributed by atoms with Gasteiger partial charge < -0.3 is 19.7 Å². The third-order valence-corrected chi connectivity index (χ3v) is 3.23. The maximum absolute atomic E-state index is 11.9. The summed E-state index contributed by atoms with van der Waals surface area (Å²) in [6.07, 6.45) is 3.02. The Hall–Kier alpha value is -2.83. The number of hydrogen-bond donors (Lipinski definition) is 2. The van der Waals surface area contributed by atoms with E-state index in [2.05, 4.69) is 10.3 Å². The van der Waals surface area contributed by atoms with Crippen LogP contribution in [-0.2, 0) is 22.7 Å². The van der Waals surface area contributed by atoms with Gasteiger partial charge in [0.15, 0.2) is 6.04 Å². The van der Waals surface area contributed by atoms with Crippen molar-refractivity contribution in [1.29, 1.82) is 0 Å². The van der Waals surface area contributed by atoms with Crippen LogP contribution in [-0.4, -0.2) is 26.7 Å². The molecule has 122 valence electrons. The van der Waals surface area contributed by atoms with E-state index < -0.39 is 18.1 Å². The largest absolute Gasteiger partial charge is 0.479 e. The van der Waals surface area contributed by atoms with Crippen LogP contribution in [0.3, 0.4) is 0 Å². The molecule has 7 heteroatoms. The number of nitrogens with zero attached hydrogens (tertiary/aromatic N) is 2. The van der Waals surface area contributed by atoms with Crippen LogP contribution in [0.5, 0.6) is 0 Å². The van der Waals surface area contributed by atoms with Crippen molar-refractivity contribution in [3.05, 3.63) is 54.1 Å². The fourth-order valence-corrected chi connectivity index (χ4v) is 2.14. The first-order valence-corrected chi connectivity index (χ1v) is 7.32. The van der Waals surface area contributed by atoms with Gasteiger partial charge in [-0.3, -0.25) is 0 Å². The van der Waals surface area contributed by atoms with Gasteiger partial charge in [0, 0.05) is 6.54 Å². The lowest BCUT2D eigenvalue weighted by Gasteiger charge is -2.16. The number of aromatic nitrogens is 2. The van der Waals surface area contributed by atoms with E-state index in [4.69, 9.17) is 4.74 Å². The van der Waals surface area contributed by atoms with Crippen molar-refractivity contribution in [2.24, 2.45) is 0 Å². The van der Waals surface area contributed by atoms with Crippen LogP contribution in [0.25, 0.3) is 0 Å². The van der Waals surface area contributed by atoms with Crippen molar-refractivity contribution in [2.75, 3.05) is 0 Å². The molecule has 1 aromatic carbocycles. The zero-order valence-corrected chi connectivity index (χ0v) is 12.8. The summed E-state index contributed by atoms with van der Waals surface area (Å²) in [6.45, 7) is 2.67. The molecule has 1 heterocycles. The van der Waals surface area contributed by atoms with Crippen LogP contribution in [0.4, 0.5) is 4.79 Å². The minimum absolute atomic E-state index is 0.0766. The summed E-state index contributed by atoms with van der Waals surface area (Å²) in [4.78, 5) is 27.3. The first-order chi connectivity index (χ1) is 11.1. The van der Waals surface area contributed by atoms with Crippen molar-refractivity contribution in [3.63, 3.8) is 0 Å². The normalized spacial score (nSPS) is 11.7. The number of hydrogen-bond acceptors (Lipinski definition) is 4. The molecular formula is C16H19N3O4. The molecule has 0 saturated carbocycles. The number of aliphatic carboxylic acids is 1. The van der Waals surface area contributed by atoms with E-state index in [-0.39, 0.29) is 6.61 Å². The molecule has 2 rings (SSSR count). The molecule has 7 nitrogen and oxygen atoms in total. The average Bonchev–Trinajstić information content (AvgIpc) is 2.99. The van der Waals surface area contributed by atoms with E-state index >= 15 is 0 Å². The number of nitrogens with one attached hydrogen (secondary N) is 1. The molecule has 1 aromatic heterocycles. The summed E-state index contributed by atoms with van der Waals surface area (Å²) in [5.41, 5.74) is 1.24. The molecule has 2 aromatic rings. The van der Waals surface area contributed by atoms with E-state index in [0.29, 0.717) is 12.2 Å². The second-order valence-corrected chi connectivity index (χ2v) is 4.99. The summed E-state index contributed by atoms with van der Waals surface area (Å²) in [6, 6.07) is 7.96. The van der Waals surface area contributed by atoms with E-state index in [1.807, 2.05) is 37.3 Å². The monoisotopic (exact) mass is 317 g/mol. The summed E-state index contributed by atoms with van der Waals surface area (Å²) in [5, 5.41) is 11.7. The minimum Gasteiger partial charge on any atom is -0.479 e. The summed E-state index contributed by atoms with van der Waals surface area (Å²) in [5.74, 6) is -1.17. The number of benzene rings is 1. The number of ether oxygens (including phenoxy) is 1. The van der Waals surface area contributed by atoms with Gasteiger partial charge in [-0.2, -0.15) is 0 Å². The van der Waals surface area contributed by atoms with Gasteiger partial charge in [0.2, 0.25) is 0 Å². The van der Waals surface area contributed by atoms with Gasteiger partial charge in [-0.25, -0.2) is 14.6 Å². The Bertz CT molecular complexity index is 654. The second-order valence-electron chi connectivity index (χ2n) is 4.99. The molecule has 0 aliphatic rings. The number of alkyl carbamates (subject to hydrolysis) is 1. The molecule has 0 fully saturated rings. The Balaban J connectivity index is 2.00. The first kappa shape index (κ1) is 16.5. The van der Waals surface area contributed by atoms with Crippen molar-refractivity contribution >= 4 is 12.1 Å². The maximum atomic E-state index is 11.9. The smallest absolute Gasteiger partial charge is 0.408 e. The highest BCUT2D eigenvalue weighted by molar-refractivity contribution is 5.80. The molecular weight excluding hydrogens is 298 g/mol. The topological polar surface area (TPSA) is 93.5 Å². The highest BCUT2D eigenvalue weighted by Crippen LogP contribution is 2.14. The molecule has 0 saturated heterocycles. The molecule has 23 heavy (non-hydrogen) atoms. The van der Waals surface area contributed by atoms with Crippen LogP contribution in [0.15, 0.2) is 42.9 Å². The van der Waals surface area contributed by atoms with Gasteiger partial charge in [-0.15, -0.1) is 0 Å². The minimum atomic E-state index is -1.20. The lowest BCUT2D eigenvalue weighted by Crippen LogP contribution is -2.35. The number of imidazole rings is 1. The molecule has 1 unspecified atom stereocenters. The van der Waals surface area contributed by atoms with Gasteiger partial charge in [-0.1, -0.05) is 37.3 Å². The second kappa shape index (κ2) is 7.98. The molecule has 0 aliphatic carbocycles. The molecule has 1 atom stereocenters. The Labute approximate surface area is 133 Å². The fourth-order valence-electron chi connectivity index (χ4n) is 2.14. The molecule has 2 N–H and O–H groups in total. The van der Waals surface area contributed by atoms with Gasteiger partial charge in [-0.05, 0) is 12.0 Å². The van der Waals surface area contributed by atoms with Crippen LogP contribution in [0.2, 0.25) is 0 Å². The first-order valence-electron chi connectivity index (χ1n) is 7.32. The fraction of sp³-hybridized carbons (Fsp3) is 0.312.